The van der Waals surface area contributed by atoms with E-state index in [1.807, 2.05) is 36.4 Å². The summed E-state index contributed by atoms with van der Waals surface area (Å²) in [6.07, 6.45) is 0.792. The van der Waals surface area contributed by atoms with Gasteiger partial charge in [-0.05, 0) is 30.4 Å². The lowest BCUT2D eigenvalue weighted by molar-refractivity contribution is 0.0607. The van der Waals surface area contributed by atoms with Gasteiger partial charge in [0.2, 0.25) is 0 Å². The van der Waals surface area contributed by atoms with Gasteiger partial charge in [-0.1, -0.05) is 30.3 Å². The number of nitrogens with zero attached hydrogens (tertiary/aromatic N) is 1. The molecule has 2 aromatic rings. The van der Waals surface area contributed by atoms with Crippen LogP contribution in [0.2, 0.25) is 0 Å². The Morgan fingerprint density at radius 3 is 2.58 bits per heavy atom. The van der Waals surface area contributed by atoms with Gasteiger partial charge in [0.15, 0.2) is 0 Å². The largest absolute Gasteiger partial charge is 0.465 e. The molecule has 1 amide bonds. The normalized spacial score (nSPS) is 14.9. The minimum absolute atomic E-state index is 0.347. The standard InChI is InChI=1S/C19H22N2O4S/c1-25-18(22)17-15(11-16(26-17)14-5-3-2-4-6-14)20-12-13-7-9-21(10-8-13)19(23)24/h2-6,11,13,20H,7-10,12H2,1H3,(H,23,24). The van der Waals surface area contributed by atoms with Crippen molar-refractivity contribution in [3.8, 4) is 10.4 Å². The lowest BCUT2D eigenvalue weighted by Gasteiger charge is -2.30. The second kappa shape index (κ2) is 8.23. The van der Waals surface area contributed by atoms with Crippen LogP contribution in [0.15, 0.2) is 36.4 Å². The number of benzene rings is 1. The zero-order valence-electron chi connectivity index (χ0n) is 14.6. The van der Waals surface area contributed by atoms with Gasteiger partial charge in [0, 0.05) is 24.5 Å². The van der Waals surface area contributed by atoms with E-state index >= 15 is 0 Å². The van der Waals surface area contributed by atoms with Gasteiger partial charge in [-0.25, -0.2) is 9.59 Å². The van der Waals surface area contributed by atoms with Crippen LogP contribution in [-0.4, -0.2) is 48.8 Å². The quantitative estimate of drug-likeness (QED) is 0.773. The minimum Gasteiger partial charge on any atom is -0.465 e. The number of ether oxygens (including phenoxy) is 1. The average Bonchev–Trinajstić information content (AvgIpc) is 3.11. The summed E-state index contributed by atoms with van der Waals surface area (Å²) in [5.74, 6) is 0.0385. The second-order valence-corrected chi connectivity index (χ2v) is 7.36. The van der Waals surface area contributed by atoms with E-state index in [9.17, 15) is 9.59 Å². The molecule has 1 saturated heterocycles. The average molecular weight is 374 g/mol. The summed E-state index contributed by atoms with van der Waals surface area (Å²) in [5, 5.41) is 12.4. The lowest BCUT2D eigenvalue weighted by Crippen LogP contribution is -2.39. The highest BCUT2D eigenvalue weighted by Gasteiger charge is 2.23. The number of thiophene rings is 1. The van der Waals surface area contributed by atoms with E-state index < -0.39 is 6.09 Å². The molecule has 7 heteroatoms. The minimum atomic E-state index is -0.852. The van der Waals surface area contributed by atoms with Crippen LogP contribution in [0.25, 0.3) is 10.4 Å². The van der Waals surface area contributed by atoms with E-state index in [1.165, 1.54) is 23.3 Å². The fraction of sp³-hybridized carbons (Fsp3) is 0.368. The van der Waals surface area contributed by atoms with Crippen molar-refractivity contribution < 1.29 is 19.4 Å². The number of anilines is 1. The molecule has 0 aliphatic carbocycles. The molecule has 6 nitrogen and oxygen atoms in total. The van der Waals surface area contributed by atoms with Crippen LogP contribution in [0.4, 0.5) is 10.5 Å². The van der Waals surface area contributed by atoms with Gasteiger partial charge in [0.1, 0.15) is 4.88 Å². The molecule has 0 atom stereocenters. The number of carbonyl (C=O) groups is 2. The Morgan fingerprint density at radius 2 is 1.96 bits per heavy atom. The first-order chi connectivity index (χ1) is 12.6. The fourth-order valence-electron chi connectivity index (χ4n) is 3.09. The number of carboxylic acid groups (broad SMARTS) is 1. The molecule has 0 bridgehead atoms. The number of nitrogens with one attached hydrogen (secondary N) is 1. The molecule has 1 aromatic carbocycles. The van der Waals surface area contributed by atoms with Crippen LogP contribution < -0.4 is 5.32 Å². The summed E-state index contributed by atoms with van der Waals surface area (Å²) in [6.45, 7) is 1.83. The van der Waals surface area contributed by atoms with Gasteiger partial charge in [-0.3, -0.25) is 0 Å². The number of amides is 1. The molecule has 1 fully saturated rings. The molecule has 3 rings (SSSR count). The van der Waals surface area contributed by atoms with E-state index in [-0.39, 0.29) is 5.97 Å². The maximum atomic E-state index is 12.1. The summed E-state index contributed by atoms with van der Waals surface area (Å²) >= 11 is 1.41. The van der Waals surface area contributed by atoms with Gasteiger partial charge in [0.05, 0.1) is 12.8 Å². The monoisotopic (exact) mass is 374 g/mol. The third-order valence-electron chi connectivity index (χ3n) is 4.63. The zero-order valence-corrected chi connectivity index (χ0v) is 15.4. The van der Waals surface area contributed by atoms with E-state index in [1.54, 1.807) is 0 Å². The Kier molecular flexibility index (Phi) is 5.78. The van der Waals surface area contributed by atoms with Gasteiger partial charge in [-0.15, -0.1) is 11.3 Å². The van der Waals surface area contributed by atoms with Crippen molar-refractivity contribution in [2.45, 2.75) is 12.8 Å². The number of likely N-dealkylation sites (tertiary alicyclic amines) is 1. The Bertz CT molecular complexity index is 767. The SMILES string of the molecule is COC(=O)c1sc(-c2ccccc2)cc1NCC1CCN(C(=O)O)CC1. The molecule has 0 spiro atoms. The van der Waals surface area contributed by atoms with Gasteiger partial charge >= 0.3 is 12.1 Å². The molecule has 1 aliphatic rings. The van der Waals surface area contributed by atoms with Crippen molar-refractivity contribution in [2.24, 2.45) is 5.92 Å². The van der Waals surface area contributed by atoms with Crippen molar-refractivity contribution in [1.82, 2.24) is 4.90 Å². The first-order valence-electron chi connectivity index (χ1n) is 8.57. The lowest BCUT2D eigenvalue weighted by atomic mass is 9.97. The zero-order chi connectivity index (χ0) is 18.5. The van der Waals surface area contributed by atoms with Crippen molar-refractivity contribution in [3.63, 3.8) is 0 Å². The van der Waals surface area contributed by atoms with Crippen LogP contribution in [0, 0.1) is 5.92 Å². The number of hydrogen-bond acceptors (Lipinski definition) is 5. The molecule has 26 heavy (non-hydrogen) atoms. The number of esters is 1. The molecular weight excluding hydrogens is 352 g/mol. The highest BCUT2D eigenvalue weighted by Crippen LogP contribution is 2.35. The molecule has 1 aromatic heterocycles. The van der Waals surface area contributed by atoms with Crippen molar-refractivity contribution in [2.75, 3.05) is 32.1 Å². The Morgan fingerprint density at radius 1 is 1.27 bits per heavy atom. The van der Waals surface area contributed by atoms with E-state index in [2.05, 4.69) is 5.32 Å². The highest BCUT2D eigenvalue weighted by atomic mass is 32.1. The Hall–Kier alpha value is -2.54. The number of methoxy groups -OCH3 is 1. The third-order valence-corrected chi connectivity index (χ3v) is 5.79. The molecule has 0 saturated carbocycles. The van der Waals surface area contributed by atoms with E-state index in [0.717, 1.165) is 29.0 Å². The topological polar surface area (TPSA) is 78.9 Å². The smallest absolute Gasteiger partial charge is 0.407 e. The van der Waals surface area contributed by atoms with Crippen LogP contribution in [0.5, 0.6) is 0 Å². The summed E-state index contributed by atoms with van der Waals surface area (Å²) in [5.41, 5.74) is 1.84. The number of hydrogen-bond donors (Lipinski definition) is 2. The molecule has 0 unspecified atom stereocenters. The van der Waals surface area contributed by atoms with Crippen molar-refractivity contribution in [1.29, 1.82) is 0 Å². The number of rotatable bonds is 5. The van der Waals surface area contributed by atoms with Gasteiger partial charge in [-0.2, -0.15) is 0 Å². The van der Waals surface area contributed by atoms with Crippen LogP contribution in [0.1, 0.15) is 22.5 Å². The summed E-state index contributed by atoms with van der Waals surface area (Å²) in [4.78, 5) is 26.1. The maximum Gasteiger partial charge on any atom is 0.407 e. The van der Waals surface area contributed by atoms with Crippen molar-refractivity contribution >= 4 is 29.1 Å². The third kappa shape index (κ3) is 4.16. The Balaban J connectivity index is 1.70. The van der Waals surface area contributed by atoms with Crippen molar-refractivity contribution in [3.05, 3.63) is 41.3 Å². The van der Waals surface area contributed by atoms with E-state index in [4.69, 9.17) is 9.84 Å². The van der Waals surface area contributed by atoms with E-state index in [0.29, 0.717) is 30.4 Å². The molecule has 0 radical (unpaired) electrons. The number of piperidine rings is 1. The molecule has 138 valence electrons. The summed E-state index contributed by atoms with van der Waals surface area (Å²) in [7, 11) is 1.38. The first kappa shape index (κ1) is 18.3. The fourth-order valence-corrected chi connectivity index (χ4v) is 4.15. The predicted octanol–water partition coefficient (Wildman–Crippen LogP) is 4.00. The summed E-state index contributed by atoms with van der Waals surface area (Å²) < 4.78 is 4.92. The molecule has 1 aliphatic heterocycles. The van der Waals surface area contributed by atoms with Crippen LogP contribution in [-0.2, 0) is 4.74 Å². The maximum absolute atomic E-state index is 12.1. The second-order valence-electron chi connectivity index (χ2n) is 6.30. The first-order valence-corrected chi connectivity index (χ1v) is 9.39. The predicted molar refractivity (Wildman–Crippen MR) is 102 cm³/mol. The van der Waals surface area contributed by atoms with Gasteiger partial charge < -0.3 is 20.1 Å². The van der Waals surface area contributed by atoms with Crippen LogP contribution in [0.3, 0.4) is 0 Å². The van der Waals surface area contributed by atoms with Crippen LogP contribution >= 0.6 is 11.3 Å². The van der Waals surface area contributed by atoms with Gasteiger partial charge in [0.25, 0.3) is 0 Å². The summed E-state index contributed by atoms with van der Waals surface area (Å²) in [6, 6.07) is 11.9. The molecule has 2 heterocycles. The molecule has 2 N–H and O–H groups in total. The number of carbonyl (C=O) groups excluding carboxylic acids is 1. The highest BCUT2D eigenvalue weighted by molar-refractivity contribution is 7.18. The Labute approximate surface area is 156 Å². The molecular formula is C19H22N2O4S.